The Hall–Kier alpha value is -7.44. The van der Waals surface area contributed by atoms with Gasteiger partial charge in [-0.25, -0.2) is 4.90 Å². The number of aromatic nitrogens is 3. The predicted molar refractivity (Wildman–Crippen MR) is 216 cm³/mol. The van der Waals surface area contributed by atoms with E-state index in [4.69, 9.17) is 0 Å². The van der Waals surface area contributed by atoms with Crippen molar-refractivity contribution in [3.05, 3.63) is 194 Å². The van der Waals surface area contributed by atoms with E-state index in [-0.39, 0.29) is 11.8 Å². The third kappa shape index (κ3) is 4.81. The Morgan fingerprint density at radius 3 is 1.39 bits per heavy atom. The van der Waals surface area contributed by atoms with E-state index in [0.29, 0.717) is 22.5 Å². The summed E-state index contributed by atoms with van der Waals surface area (Å²) in [4.78, 5) is 39.9. The first-order chi connectivity index (χ1) is 26.7. The second-order valence-corrected chi connectivity index (χ2v) is 13.3. The van der Waals surface area contributed by atoms with Gasteiger partial charge in [0.05, 0.1) is 33.5 Å². The van der Waals surface area contributed by atoms with Crippen LogP contribution in [0, 0.1) is 0 Å². The zero-order chi connectivity index (χ0) is 36.2. The first kappa shape index (κ1) is 31.3. The fraction of sp³-hybridized carbons (Fsp3) is 0. The van der Waals surface area contributed by atoms with E-state index in [0.717, 1.165) is 66.3 Å². The van der Waals surface area contributed by atoms with Gasteiger partial charge in [-0.15, -0.1) is 0 Å². The maximum atomic E-state index is 15.2. The topological polar surface area (TPSA) is 68.1 Å². The molecule has 0 unspecified atom stereocenters. The minimum absolute atomic E-state index is 0.358. The second-order valence-electron chi connectivity index (χ2n) is 13.3. The SMILES string of the molecule is O=C1c2cccc(-n3c4c(-c5ccncc5)cccc4c4cccc(-c5ccncc5)c43)c2C(=O)N1c1cccc(-c2ccccc2)c1-c1ccccc1. The van der Waals surface area contributed by atoms with Crippen LogP contribution < -0.4 is 4.90 Å². The van der Waals surface area contributed by atoms with Crippen molar-refractivity contribution in [2.45, 2.75) is 0 Å². The zero-order valence-electron chi connectivity index (χ0n) is 28.9. The Kier molecular flexibility index (Phi) is 7.34. The zero-order valence-corrected chi connectivity index (χ0v) is 28.9. The molecule has 0 saturated heterocycles. The van der Waals surface area contributed by atoms with Gasteiger partial charge < -0.3 is 4.57 Å². The molecule has 54 heavy (non-hydrogen) atoms. The Labute approximate surface area is 311 Å². The molecule has 0 spiro atoms. The number of carbonyl (C=O) groups is 2. The molecule has 9 aromatic rings. The van der Waals surface area contributed by atoms with Crippen molar-refractivity contribution in [3.63, 3.8) is 0 Å². The van der Waals surface area contributed by atoms with Crippen LogP contribution in [0.4, 0.5) is 5.69 Å². The summed E-state index contributed by atoms with van der Waals surface area (Å²) >= 11 is 0. The molecule has 1 aliphatic heterocycles. The average molecular weight is 695 g/mol. The summed E-state index contributed by atoms with van der Waals surface area (Å²) < 4.78 is 2.18. The van der Waals surface area contributed by atoms with E-state index in [2.05, 4.69) is 63.1 Å². The fourth-order valence-electron chi connectivity index (χ4n) is 8.05. The number of para-hydroxylation sites is 2. The van der Waals surface area contributed by atoms with Gasteiger partial charge >= 0.3 is 0 Å². The van der Waals surface area contributed by atoms with Gasteiger partial charge in [0.2, 0.25) is 0 Å². The van der Waals surface area contributed by atoms with Crippen molar-refractivity contribution >= 4 is 39.3 Å². The number of fused-ring (bicyclic) bond motifs is 4. The summed E-state index contributed by atoms with van der Waals surface area (Å²) in [7, 11) is 0. The molecule has 0 radical (unpaired) electrons. The number of carbonyl (C=O) groups excluding carboxylic acids is 2. The monoisotopic (exact) mass is 694 g/mol. The number of imide groups is 1. The van der Waals surface area contributed by atoms with Gasteiger partial charge in [0.1, 0.15) is 0 Å². The highest BCUT2D eigenvalue weighted by atomic mass is 16.2. The number of amides is 2. The maximum absolute atomic E-state index is 15.2. The van der Waals surface area contributed by atoms with Gasteiger partial charge in [0.15, 0.2) is 0 Å². The molecule has 6 nitrogen and oxygen atoms in total. The third-order valence-electron chi connectivity index (χ3n) is 10.4. The molecule has 4 heterocycles. The van der Waals surface area contributed by atoms with Gasteiger partial charge in [-0.1, -0.05) is 115 Å². The molecule has 6 heteroatoms. The van der Waals surface area contributed by atoms with Gasteiger partial charge in [-0.2, -0.15) is 0 Å². The maximum Gasteiger partial charge on any atom is 0.268 e. The van der Waals surface area contributed by atoms with Crippen molar-refractivity contribution in [2.75, 3.05) is 4.90 Å². The lowest BCUT2D eigenvalue weighted by Crippen LogP contribution is -2.30. The van der Waals surface area contributed by atoms with Gasteiger partial charge in [-0.05, 0) is 70.3 Å². The molecular formula is C48H30N4O2. The number of anilines is 1. The van der Waals surface area contributed by atoms with Gasteiger partial charge in [-0.3, -0.25) is 19.6 Å². The molecule has 0 atom stereocenters. The predicted octanol–water partition coefficient (Wildman–Crippen LogP) is 11.0. The molecular weight excluding hydrogens is 665 g/mol. The molecule has 2 amide bonds. The molecule has 1 aliphatic rings. The number of hydrogen-bond donors (Lipinski definition) is 0. The molecule has 0 aliphatic carbocycles. The minimum Gasteiger partial charge on any atom is -0.307 e. The third-order valence-corrected chi connectivity index (χ3v) is 10.4. The van der Waals surface area contributed by atoms with Crippen LogP contribution in [-0.4, -0.2) is 26.3 Å². The summed E-state index contributed by atoms with van der Waals surface area (Å²) in [6.07, 6.45) is 7.16. The summed E-state index contributed by atoms with van der Waals surface area (Å²) in [5, 5.41) is 2.06. The molecule has 0 N–H and O–H groups in total. The van der Waals surface area contributed by atoms with E-state index in [9.17, 15) is 4.79 Å². The van der Waals surface area contributed by atoms with E-state index in [1.165, 1.54) is 4.90 Å². The Bertz CT molecular complexity index is 2810. The standard InChI is InChI=1S/C48H30N4O2/c53-47-40-20-10-22-42(44(40)48(54)52(47)41-21-9-15-35(31-11-3-1-4-12-31)43(41)34-13-5-2-6-14-34)51-45-36(32-23-27-49-28-24-32)16-7-18-38(45)39-19-8-17-37(46(39)51)33-25-29-50-30-26-33/h1-30H. The van der Waals surface area contributed by atoms with Gasteiger partial charge in [0.25, 0.3) is 11.8 Å². The van der Waals surface area contributed by atoms with Crippen LogP contribution >= 0.6 is 0 Å². The van der Waals surface area contributed by atoms with Crippen molar-refractivity contribution in [3.8, 4) is 50.2 Å². The van der Waals surface area contributed by atoms with E-state index >= 15 is 4.79 Å². The number of pyridine rings is 2. The molecule has 10 rings (SSSR count). The van der Waals surface area contributed by atoms with Crippen LogP contribution in [0.1, 0.15) is 20.7 Å². The lowest BCUT2D eigenvalue weighted by atomic mass is 9.92. The quantitative estimate of drug-likeness (QED) is 0.163. The molecule has 254 valence electrons. The Balaban J connectivity index is 1.26. The smallest absolute Gasteiger partial charge is 0.268 e. The Morgan fingerprint density at radius 1 is 0.352 bits per heavy atom. The van der Waals surface area contributed by atoms with Crippen molar-refractivity contribution in [1.82, 2.24) is 14.5 Å². The summed E-state index contributed by atoms with van der Waals surface area (Å²) in [5.41, 5.74) is 11.4. The van der Waals surface area contributed by atoms with Crippen molar-refractivity contribution < 1.29 is 9.59 Å². The van der Waals surface area contributed by atoms with E-state index in [1.807, 2.05) is 103 Å². The van der Waals surface area contributed by atoms with Crippen LogP contribution in [-0.2, 0) is 0 Å². The highest BCUT2D eigenvalue weighted by Gasteiger charge is 2.41. The van der Waals surface area contributed by atoms with Crippen LogP contribution in [0.5, 0.6) is 0 Å². The molecule has 0 fully saturated rings. The number of benzene rings is 6. The summed E-state index contributed by atoms with van der Waals surface area (Å²) in [6, 6.07) is 52.1. The lowest BCUT2D eigenvalue weighted by Gasteiger charge is -2.22. The highest BCUT2D eigenvalue weighted by molar-refractivity contribution is 6.37. The van der Waals surface area contributed by atoms with Gasteiger partial charge in [0, 0.05) is 52.3 Å². The van der Waals surface area contributed by atoms with Crippen LogP contribution in [0.3, 0.4) is 0 Å². The molecule has 6 aromatic carbocycles. The minimum atomic E-state index is -0.370. The first-order valence-electron chi connectivity index (χ1n) is 17.8. The van der Waals surface area contributed by atoms with Crippen molar-refractivity contribution in [1.29, 1.82) is 0 Å². The number of nitrogens with zero attached hydrogens (tertiary/aromatic N) is 4. The van der Waals surface area contributed by atoms with Crippen molar-refractivity contribution in [2.24, 2.45) is 0 Å². The Morgan fingerprint density at radius 2 is 0.815 bits per heavy atom. The lowest BCUT2D eigenvalue weighted by molar-refractivity contribution is 0.0926. The normalized spacial score (nSPS) is 12.5. The fourth-order valence-corrected chi connectivity index (χ4v) is 8.05. The largest absolute Gasteiger partial charge is 0.307 e. The average Bonchev–Trinajstić information content (AvgIpc) is 3.72. The van der Waals surface area contributed by atoms with Crippen LogP contribution in [0.15, 0.2) is 183 Å². The summed E-state index contributed by atoms with van der Waals surface area (Å²) in [5.74, 6) is -0.727. The molecule has 3 aromatic heterocycles. The number of hydrogen-bond acceptors (Lipinski definition) is 4. The van der Waals surface area contributed by atoms with Crippen LogP contribution in [0.2, 0.25) is 0 Å². The molecule has 0 bridgehead atoms. The summed E-state index contributed by atoms with van der Waals surface area (Å²) in [6.45, 7) is 0. The highest BCUT2D eigenvalue weighted by Crippen LogP contribution is 2.46. The van der Waals surface area contributed by atoms with E-state index < -0.39 is 0 Å². The second kappa shape index (κ2) is 12.7. The van der Waals surface area contributed by atoms with E-state index in [1.54, 1.807) is 30.9 Å². The number of rotatable bonds is 6. The first-order valence-corrected chi connectivity index (χ1v) is 17.8. The molecule has 0 saturated carbocycles. The van der Waals surface area contributed by atoms with Crippen LogP contribution in [0.25, 0.3) is 72.0 Å².